The van der Waals surface area contributed by atoms with Gasteiger partial charge in [0.2, 0.25) is 0 Å². The van der Waals surface area contributed by atoms with Crippen LogP contribution in [0.2, 0.25) is 0 Å². The molecule has 0 fully saturated rings. The minimum Gasteiger partial charge on any atom is -0.496 e. The van der Waals surface area contributed by atoms with E-state index in [0.717, 1.165) is 55.6 Å². The van der Waals surface area contributed by atoms with Gasteiger partial charge >= 0.3 is 0 Å². The molecule has 0 radical (unpaired) electrons. The Morgan fingerprint density at radius 1 is 0.475 bits per heavy atom. The second-order valence-corrected chi connectivity index (χ2v) is 11.3. The van der Waals surface area contributed by atoms with Gasteiger partial charge in [-0.05, 0) is 44.5 Å². The number of methoxy groups -OCH3 is 2. The van der Waals surface area contributed by atoms with Crippen LogP contribution in [0.4, 0.5) is 0 Å². The molecule has 0 spiro atoms. The van der Waals surface area contributed by atoms with E-state index in [1.807, 2.05) is 72.8 Å². The van der Waals surface area contributed by atoms with Crippen LogP contribution in [-0.2, 0) is 11.2 Å². The Morgan fingerprint density at radius 2 is 0.775 bits per heavy atom. The van der Waals surface area contributed by atoms with Crippen molar-refractivity contribution in [1.82, 2.24) is 0 Å². The van der Waals surface area contributed by atoms with Crippen molar-refractivity contribution in [3.05, 3.63) is 164 Å². The first-order valence-corrected chi connectivity index (χ1v) is 13.7. The lowest BCUT2D eigenvalue weighted by atomic mass is 9.53. The third-order valence-corrected chi connectivity index (χ3v) is 9.84. The highest BCUT2D eigenvalue weighted by Gasteiger charge is 2.60. The largest absolute Gasteiger partial charge is 0.496 e. The second-order valence-electron chi connectivity index (χ2n) is 11.3. The van der Waals surface area contributed by atoms with Crippen LogP contribution in [0.1, 0.15) is 78.6 Å². The second kappa shape index (κ2) is 7.22. The summed E-state index contributed by atoms with van der Waals surface area (Å²) in [4.78, 5) is 0. The fourth-order valence-corrected chi connectivity index (χ4v) is 8.53. The molecule has 2 N–H and O–H groups in total. The van der Waals surface area contributed by atoms with Gasteiger partial charge in [-0.2, -0.15) is 0 Å². The molecule has 40 heavy (non-hydrogen) atoms. The van der Waals surface area contributed by atoms with Crippen LogP contribution in [0, 0.1) is 0 Å². The Morgan fingerprint density at radius 3 is 1.07 bits per heavy atom. The van der Waals surface area contributed by atoms with Crippen molar-refractivity contribution in [3.8, 4) is 11.5 Å². The van der Waals surface area contributed by atoms with Crippen molar-refractivity contribution in [1.29, 1.82) is 0 Å². The van der Waals surface area contributed by atoms with Crippen molar-refractivity contribution >= 4 is 0 Å². The van der Waals surface area contributed by atoms with E-state index in [1.165, 1.54) is 0 Å². The van der Waals surface area contributed by atoms with Gasteiger partial charge in [0.05, 0.1) is 14.2 Å². The molecule has 0 aromatic heterocycles. The molecule has 5 aromatic carbocycles. The predicted octanol–water partition coefficient (Wildman–Crippen LogP) is 5.89. The SMILES string of the molecule is COc1c2c(c(OC)c3c1C1c4ccccc4C3(O)c3ccccc31)C1(O)c3ccccc3C2c2ccccc21. The van der Waals surface area contributed by atoms with Crippen molar-refractivity contribution in [2.24, 2.45) is 0 Å². The molecule has 4 bridgehead atoms. The normalized spacial score (nSPS) is 25.2. The van der Waals surface area contributed by atoms with E-state index in [0.29, 0.717) is 22.6 Å². The Kier molecular flexibility index (Phi) is 4.05. The molecule has 0 unspecified atom stereocenters. The molecule has 0 amide bonds. The van der Waals surface area contributed by atoms with E-state index >= 15 is 0 Å². The summed E-state index contributed by atoms with van der Waals surface area (Å²) in [5, 5.41) is 26.1. The summed E-state index contributed by atoms with van der Waals surface area (Å²) < 4.78 is 12.7. The molecule has 0 heterocycles. The Bertz CT molecular complexity index is 1710. The van der Waals surface area contributed by atoms with Gasteiger partial charge < -0.3 is 19.7 Å². The van der Waals surface area contributed by atoms with Crippen molar-refractivity contribution in [2.75, 3.05) is 14.2 Å². The smallest absolute Gasteiger partial charge is 0.145 e. The highest BCUT2D eigenvalue weighted by atomic mass is 16.5. The predicted molar refractivity (Wildman–Crippen MR) is 151 cm³/mol. The first kappa shape index (κ1) is 22.4. The van der Waals surface area contributed by atoms with Gasteiger partial charge in [0.15, 0.2) is 0 Å². The topological polar surface area (TPSA) is 58.9 Å². The van der Waals surface area contributed by atoms with Crippen molar-refractivity contribution < 1.29 is 19.7 Å². The first-order valence-electron chi connectivity index (χ1n) is 13.7. The number of benzene rings is 5. The summed E-state index contributed by atoms with van der Waals surface area (Å²) in [6, 6.07) is 32.5. The van der Waals surface area contributed by atoms with E-state index in [1.54, 1.807) is 14.2 Å². The van der Waals surface area contributed by atoms with Gasteiger partial charge in [-0.3, -0.25) is 0 Å². The number of ether oxygens (including phenoxy) is 2. The van der Waals surface area contributed by atoms with Crippen LogP contribution in [0.5, 0.6) is 11.5 Å². The van der Waals surface area contributed by atoms with Crippen molar-refractivity contribution in [3.63, 3.8) is 0 Å². The molecule has 6 aliphatic rings. The maximum atomic E-state index is 13.0. The molecule has 194 valence electrons. The summed E-state index contributed by atoms with van der Waals surface area (Å²) in [6.07, 6.45) is 0. The van der Waals surface area contributed by atoms with E-state index in [2.05, 4.69) is 24.3 Å². The number of aliphatic hydroxyl groups is 2. The zero-order valence-corrected chi connectivity index (χ0v) is 22.1. The van der Waals surface area contributed by atoms with E-state index in [4.69, 9.17) is 9.47 Å². The zero-order chi connectivity index (χ0) is 27.0. The molecule has 4 nitrogen and oxygen atoms in total. The molecular formula is C36H26O4. The summed E-state index contributed by atoms with van der Waals surface area (Å²) in [5.41, 5.74) is 7.89. The van der Waals surface area contributed by atoms with Crippen LogP contribution >= 0.6 is 0 Å². The van der Waals surface area contributed by atoms with Gasteiger partial charge in [-0.15, -0.1) is 0 Å². The van der Waals surface area contributed by atoms with Crippen LogP contribution < -0.4 is 9.47 Å². The van der Waals surface area contributed by atoms with Crippen LogP contribution in [-0.4, -0.2) is 24.4 Å². The van der Waals surface area contributed by atoms with E-state index in [-0.39, 0.29) is 11.8 Å². The third kappa shape index (κ3) is 2.20. The van der Waals surface area contributed by atoms with Gasteiger partial charge in [-0.25, -0.2) is 0 Å². The van der Waals surface area contributed by atoms with Crippen LogP contribution in [0.15, 0.2) is 97.1 Å². The summed E-state index contributed by atoms with van der Waals surface area (Å²) in [7, 11) is 3.35. The zero-order valence-electron chi connectivity index (χ0n) is 22.1. The van der Waals surface area contributed by atoms with Gasteiger partial charge in [0.1, 0.15) is 22.7 Å². The lowest BCUT2D eigenvalue weighted by Crippen LogP contribution is -2.46. The summed E-state index contributed by atoms with van der Waals surface area (Å²) >= 11 is 0. The fourth-order valence-electron chi connectivity index (χ4n) is 8.53. The lowest BCUT2D eigenvalue weighted by molar-refractivity contribution is 0.0965. The average molecular weight is 523 g/mol. The fraction of sp³-hybridized carbons (Fsp3) is 0.167. The molecular weight excluding hydrogens is 496 g/mol. The number of rotatable bonds is 2. The number of hydrogen-bond acceptors (Lipinski definition) is 4. The molecule has 0 aliphatic heterocycles. The standard InChI is InChI=1S/C36H26O4/c1-39-33-29-27-19-11-3-7-15-23(19)35(37,24-16-8-4-12-20(24)27)31(29)34(40-2)32-30(33)28-21-13-5-9-17-25(21)36(32,38)26-18-10-6-14-22(26)28/h3-18,27-28,37-38H,1-2H3. The first-order chi connectivity index (χ1) is 19.6. The van der Waals surface area contributed by atoms with E-state index in [9.17, 15) is 10.2 Å². The Balaban J connectivity index is 1.51. The van der Waals surface area contributed by atoms with Gasteiger partial charge in [0, 0.05) is 34.1 Å². The highest BCUT2D eigenvalue weighted by Crippen LogP contribution is 2.69. The molecule has 0 atom stereocenters. The van der Waals surface area contributed by atoms with Crippen molar-refractivity contribution in [2.45, 2.75) is 23.0 Å². The third-order valence-electron chi connectivity index (χ3n) is 9.84. The molecule has 11 rings (SSSR count). The summed E-state index contributed by atoms with van der Waals surface area (Å²) in [5.74, 6) is 0.946. The van der Waals surface area contributed by atoms with Crippen LogP contribution in [0.25, 0.3) is 0 Å². The number of hydrogen-bond donors (Lipinski definition) is 2. The molecule has 0 saturated heterocycles. The average Bonchev–Trinajstić information content (AvgIpc) is 3.00. The maximum absolute atomic E-state index is 13.0. The monoisotopic (exact) mass is 522 g/mol. The van der Waals surface area contributed by atoms with Gasteiger partial charge in [-0.1, -0.05) is 97.1 Å². The Labute approximate surface area is 232 Å². The minimum absolute atomic E-state index is 0.147. The van der Waals surface area contributed by atoms with Crippen LogP contribution in [0.3, 0.4) is 0 Å². The Hall–Kier alpha value is -4.38. The molecule has 5 aromatic rings. The maximum Gasteiger partial charge on any atom is 0.145 e. The highest BCUT2D eigenvalue weighted by molar-refractivity contribution is 5.83. The quantitative estimate of drug-likeness (QED) is 0.304. The van der Waals surface area contributed by atoms with Gasteiger partial charge in [0.25, 0.3) is 0 Å². The molecule has 6 aliphatic carbocycles. The lowest BCUT2D eigenvalue weighted by Gasteiger charge is -2.53. The molecule has 4 heteroatoms. The van der Waals surface area contributed by atoms with E-state index < -0.39 is 11.2 Å². The minimum atomic E-state index is -1.48. The molecule has 0 saturated carbocycles. The summed E-state index contributed by atoms with van der Waals surface area (Å²) in [6.45, 7) is 0.